The molecule has 6 heteroatoms. The summed E-state index contributed by atoms with van der Waals surface area (Å²) in [7, 11) is 0. The summed E-state index contributed by atoms with van der Waals surface area (Å²) in [4.78, 5) is 0. The molecule has 0 unspecified atom stereocenters. The van der Waals surface area contributed by atoms with Crippen LogP contribution in [0.15, 0.2) is 23.0 Å². The van der Waals surface area contributed by atoms with Gasteiger partial charge in [-0.25, -0.2) is 4.68 Å². The quantitative estimate of drug-likeness (QED) is 0.851. The highest BCUT2D eigenvalue weighted by Crippen LogP contribution is 2.25. The number of furan rings is 1. The molecule has 0 radical (unpaired) electrons. The van der Waals surface area contributed by atoms with Gasteiger partial charge in [0.2, 0.25) is 0 Å². The Morgan fingerprint density at radius 2 is 2.27 bits per heavy atom. The van der Waals surface area contributed by atoms with E-state index in [1.54, 1.807) is 12.5 Å². The van der Waals surface area contributed by atoms with E-state index in [1.807, 2.05) is 10.7 Å². The first-order valence-electron chi connectivity index (χ1n) is 8.09. The fourth-order valence-electron chi connectivity index (χ4n) is 2.84. The topological polar surface area (TPSA) is 65.1 Å². The Hall–Kier alpha value is -1.66. The molecule has 0 aliphatic carbocycles. The SMILES string of the molecule is CCC(CC)CNC[C@@H]1Cn2nnc(-c3ccoc3)c2CO1. The standard InChI is InChI=1S/C16H24N4O2/c1-3-12(4-2)7-17-8-14-9-20-15(11-22-14)16(18-19-20)13-5-6-21-10-13/h5-6,10,12,14,17H,3-4,7-9,11H2,1-2H3/t14-/m1/s1. The molecule has 6 nitrogen and oxygen atoms in total. The highest BCUT2D eigenvalue weighted by Gasteiger charge is 2.24. The second kappa shape index (κ2) is 7.07. The summed E-state index contributed by atoms with van der Waals surface area (Å²) < 4.78 is 13.0. The maximum absolute atomic E-state index is 5.96. The molecular formula is C16H24N4O2. The van der Waals surface area contributed by atoms with Crippen molar-refractivity contribution < 1.29 is 9.15 Å². The van der Waals surface area contributed by atoms with Crippen molar-refractivity contribution in [2.75, 3.05) is 13.1 Å². The van der Waals surface area contributed by atoms with Gasteiger partial charge < -0.3 is 14.5 Å². The van der Waals surface area contributed by atoms with Crippen LogP contribution in [0.1, 0.15) is 32.4 Å². The summed E-state index contributed by atoms with van der Waals surface area (Å²) in [6.45, 7) is 7.69. The van der Waals surface area contributed by atoms with Crippen LogP contribution in [0, 0.1) is 5.92 Å². The van der Waals surface area contributed by atoms with Crippen LogP contribution in [0.4, 0.5) is 0 Å². The van der Waals surface area contributed by atoms with E-state index in [9.17, 15) is 0 Å². The number of fused-ring (bicyclic) bond motifs is 1. The van der Waals surface area contributed by atoms with E-state index in [0.29, 0.717) is 6.61 Å². The van der Waals surface area contributed by atoms with Gasteiger partial charge in [0.15, 0.2) is 0 Å². The van der Waals surface area contributed by atoms with E-state index < -0.39 is 0 Å². The lowest BCUT2D eigenvalue weighted by molar-refractivity contribution is 0.000998. The second-order valence-corrected chi connectivity index (χ2v) is 5.85. The van der Waals surface area contributed by atoms with Gasteiger partial charge in [-0.2, -0.15) is 0 Å². The average molecular weight is 304 g/mol. The minimum absolute atomic E-state index is 0.153. The van der Waals surface area contributed by atoms with Crippen molar-refractivity contribution in [1.29, 1.82) is 0 Å². The van der Waals surface area contributed by atoms with E-state index >= 15 is 0 Å². The van der Waals surface area contributed by atoms with E-state index in [1.165, 1.54) is 12.8 Å². The summed E-state index contributed by atoms with van der Waals surface area (Å²) in [5.41, 5.74) is 2.84. The summed E-state index contributed by atoms with van der Waals surface area (Å²) in [6.07, 6.45) is 5.93. The molecule has 1 atom stereocenters. The highest BCUT2D eigenvalue weighted by atomic mass is 16.5. The van der Waals surface area contributed by atoms with Crippen molar-refractivity contribution in [3.05, 3.63) is 24.3 Å². The lowest BCUT2D eigenvalue weighted by Crippen LogP contribution is -2.38. The number of rotatable bonds is 7. The number of nitrogens with one attached hydrogen (secondary N) is 1. The lowest BCUT2D eigenvalue weighted by Gasteiger charge is -2.25. The summed E-state index contributed by atoms with van der Waals surface area (Å²) in [5, 5.41) is 12.0. The van der Waals surface area contributed by atoms with Gasteiger partial charge in [0.05, 0.1) is 37.5 Å². The zero-order valence-electron chi connectivity index (χ0n) is 13.3. The van der Waals surface area contributed by atoms with Gasteiger partial charge in [-0.3, -0.25) is 0 Å². The second-order valence-electron chi connectivity index (χ2n) is 5.85. The minimum atomic E-state index is 0.153. The van der Waals surface area contributed by atoms with Crippen LogP contribution in [-0.2, 0) is 17.9 Å². The zero-order valence-corrected chi connectivity index (χ0v) is 13.3. The predicted molar refractivity (Wildman–Crippen MR) is 83.2 cm³/mol. The minimum Gasteiger partial charge on any atom is -0.472 e. The Morgan fingerprint density at radius 3 is 3.00 bits per heavy atom. The molecule has 1 aliphatic heterocycles. The third kappa shape index (κ3) is 3.23. The summed E-state index contributed by atoms with van der Waals surface area (Å²) in [6, 6.07) is 1.90. The zero-order chi connectivity index (χ0) is 15.4. The third-order valence-electron chi connectivity index (χ3n) is 4.42. The predicted octanol–water partition coefficient (Wildman–Crippen LogP) is 2.46. The van der Waals surface area contributed by atoms with E-state index in [0.717, 1.165) is 42.5 Å². The Kier molecular flexibility index (Phi) is 4.90. The maximum Gasteiger partial charge on any atom is 0.121 e. The van der Waals surface area contributed by atoms with Crippen molar-refractivity contribution in [2.45, 2.75) is 45.9 Å². The number of ether oxygens (including phenoxy) is 1. The van der Waals surface area contributed by atoms with Crippen LogP contribution in [0.25, 0.3) is 11.3 Å². The van der Waals surface area contributed by atoms with Gasteiger partial charge in [0.1, 0.15) is 5.69 Å². The molecule has 0 fully saturated rings. The van der Waals surface area contributed by atoms with Crippen molar-refractivity contribution >= 4 is 0 Å². The monoisotopic (exact) mass is 304 g/mol. The molecule has 1 N–H and O–H groups in total. The largest absolute Gasteiger partial charge is 0.472 e. The van der Waals surface area contributed by atoms with Crippen LogP contribution in [0.5, 0.6) is 0 Å². The average Bonchev–Trinajstić information content (AvgIpc) is 3.20. The van der Waals surface area contributed by atoms with Crippen molar-refractivity contribution in [3.63, 3.8) is 0 Å². The molecule has 2 aromatic rings. The Morgan fingerprint density at radius 1 is 1.41 bits per heavy atom. The third-order valence-corrected chi connectivity index (χ3v) is 4.42. The first-order valence-corrected chi connectivity index (χ1v) is 8.09. The molecule has 0 spiro atoms. The van der Waals surface area contributed by atoms with E-state index in [2.05, 4.69) is 29.5 Å². The Bertz CT molecular complexity index is 575. The molecule has 2 aromatic heterocycles. The summed E-state index contributed by atoms with van der Waals surface area (Å²) >= 11 is 0. The fourth-order valence-corrected chi connectivity index (χ4v) is 2.84. The Labute approximate surface area is 130 Å². The van der Waals surface area contributed by atoms with Gasteiger partial charge in [-0.1, -0.05) is 31.9 Å². The van der Waals surface area contributed by atoms with Gasteiger partial charge in [-0.15, -0.1) is 5.10 Å². The first-order chi connectivity index (χ1) is 10.8. The first kappa shape index (κ1) is 15.2. The molecule has 3 rings (SSSR count). The molecular weight excluding hydrogens is 280 g/mol. The van der Waals surface area contributed by atoms with Gasteiger partial charge >= 0.3 is 0 Å². The smallest absolute Gasteiger partial charge is 0.121 e. The van der Waals surface area contributed by atoms with Crippen molar-refractivity contribution in [1.82, 2.24) is 20.3 Å². The molecule has 3 heterocycles. The maximum atomic E-state index is 5.96. The number of hydrogen-bond donors (Lipinski definition) is 1. The molecule has 0 saturated carbocycles. The molecule has 0 amide bonds. The molecule has 0 aromatic carbocycles. The number of aromatic nitrogens is 3. The van der Waals surface area contributed by atoms with Crippen LogP contribution in [0.2, 0.25) is 0 Å². The van der Waals surface area contributed by atoms with Gasteiger partial charge in [0.25, 0.3) is 0 Å². The van der Waals surface area contributed by atoms with Crippen molar-refractivity contribution in [2.24, 2.45) is 5.92 Å². The van der Waals surface area contributed by atoms with Gasteiger partial charge in [0, 0.05) is 12.1 Å². The van der Waals surface area contributed by atoms with Crippen LogP contribution in [0.3, 0.4) is 0 Å². The molecule has 0 saturated heterocycles. The van der Waals surface area contributed by atoms with Crippen LogP contribution in [-0.4, -0.2) is 34.2 Å². The molecule has 1 aliphatic rings. The molecule has 120 valence electrons. The van der Waals surface area contributed by atoms with E-state index in [-0.39, 0.29) is 6.10 Å². The molecule has 0 bridgehead atoms. The number of hydrogen-bond acceptors (Lipinski definition) is 5. The summed E-state index contributed by atoms with van der Waals surface area (Å²) in [5.74, 6) is 0.748. The highest BCUT2D eigenvalue weighted by molar-refractivity contribution is 5.59. The van der Waals surface area contributed by atoms with Gasteiger partial charge in [-0.05, 0) is 18.5 Å². The van der Waals surface area contributed by atoms with Crippen LogP contribution >= 0.6 is 0 Å². The van der Waals surface area contributed by atoms with E-state index in [4.69, 9.17) is 9.15 Å². The Balaban J connectivity index is 1.56. The fraction of sp³-hybridized carbons (Fsp3) is 0.625. The van der Waals surface area contributed by atoms with Crippen LogP contribution < -0.4 is 5.32 Å². The normalized spacial score (nSPS) is 17.9. The van der Waals surface area contributed by atoms with Crippen molar-refractivity contribution in [3.8, 4) is 11.3 Å². The number of nitrogens with zero attached hydrogens (tertiary/aromatic N) is 3. The molecule has 22 heavy (non-hydrogen) atoms. The lowest BCUT2D eigenvalue weighted by atomic mass is 10.0.